The van der Waals surface area contributed by atoms with Crippen molar-refractivity contribution in [3.8, 4) is 16.7 Å². The summed E-state index contributed by atoms with van der Waals surface area (Å²) < 4.78 is 12.4. The zero-order valence-corrected chi connectivity index (χ0v) is 13.9. The standard InChI is InChI=1S/C18H17NO3S/c1-12(20)7-8-13-9-10-15(16(11-13)21-2)22-18-19-14-5-3-4-6-17(14)23-18/h3-6,9-11H,7-8H2,1-2H3. The third-order valence-electron chi connectivity index (χ3n) is 3.47. The number of hydrogen-bond donors (Lipinski definition) is 0. The Hall–Kier alpha value is -2.40. The topological polar surface area (TPSA) is 48.4 Å². The average Bonchev–Trinajstić information content (AvgIpc) is 2.96. The minimum Gasteiger partial charge on any atom is -0.493 e. The first-order chi connectivity index (χ1) is 11.2. The van der Waals surface area contributed by atoms with Gasteiger partial charge in [0.05, 0.1) is 17.3 Å². The number of carbonyl (C=O) groups is 1. The Morgan fingerprint density at radius 3 is 2.74 bits per heavy atom. The lowest BCUT2D eigenvalue weighted by Gasteiger charge is -2.10. The summed E-state index contributed by atoms with van der Waals surface area (Å²) in [5.41, 5.74) is 1.97. The van der Waals surface area contributed by atoms with Crippen LogP contribution >= 0.6 is 11.3 Å². The van der Waals surface area contributed by atoms with Crippen LogP contribution in [0, 0.1) is 0 Å². The number of para-hydroxylation sites is 1. The molecule has 5 heteroatoms. The zero-order valence-electron chi connectivity index (χ0n) is 13.0. The SMILES string of the molecule is COc1cc(CCC(C)=O)ccc1Oc1nc2ccccc2s1. The molecule has 0 N–H and O–H groups in total. The maximum atomic E-state index is 11.1. The highest BCUT2D eigenvalue weighted by atomic mass is 32.1. The summed E-state index contributed by atoms with van der Waals surface area (Å²) in [5.74, 6) is 1.45. The summed E-state index contributed by atoms with van der Waals surface area (Å²) in [6.45, 7) is 1.60. The van der Waals surface area contributed by atoms with E-state index < -0.39 is 0 Å². The molecule has 0 aliphatic carbocycles. The third kappa shape index (κ3) is 3.68. The fourth-order valence-electron chi connectivity index (χ4n) is 2.26. The number of Topliss-reactive ketones (excluding diaryl/α,β-unsaturated/α-hetero) is 1. The van der Waals surface area contributed by atoms with Gasteiger partial charge in [0.2, 0.25) is 0 Å². The van der Waals surface area contributed by atoms with Crippen LogP contribution in [0.1, 0.15) is 18.9 Å². The van der Waals surface area contributed by atoms with E-state index in [2.05, 4.69) is 4.98 Å². The van der Waals surface area contributed by atoms with Gasteiger partial charge in [-0.05, 0) is 43.2 Å². The van der Waals surface area contributed by atoms with Crippen molar-refractivity contribution < 1.29 is 14.3 Å². The van der Waals surface area contributed by atoms with E-state index in [1.54, 1.807) is 14.0 Å². The first-order valence-electron chi connectivity index (χ1n) is 7.35. The van der Waals surface area contributed by atoms with Crippen LogP contribution in [0.15, 0.2) is 42.5 Å². The van der Waals surface area contributed by atoms with Crippen LogP contribution in [-0.2, 0) is 11.2 Å². The smallest absolute Gasteiger partial charge is 0.279 e. The van der Waals surface area contributed by atoms with Crippen molar-refractivity contribution in [2.24, 2.45) is 0 Å². The van der Waals surface area contributed by atoms with Gasteiger partial charge < -0.3 is 14.3 Å². The van der Waals surface area contributed by atoms with Crippen LogP contribution in [0.2, 0.25) is 0 Å². The second-order valence-corrected chi connectivity index (χ2v) is 6.23. The molecule has 0 spiro atoms. The van der Waals surface area contributed by atoms with Gasteiger partial charge in [0.15, 0.2) is 11.5 Å². The number of benzene rings is 2. The number of methoxy groups -OCH3 is 1. The van der Waals surface area contributed by atoms with E-state index in [9.17, 15) is 4.79 Å². The molecule has 0 aliphatic rings. The monoisotopic (exact) mass is 327 g/mol. The van der Waals surface area contributed by atoms with Gasteiger partial charge in [-0.15, -0.1) is 0 Å². The van der Waals surface area contributed by atoms with Crippen LogP contribution in [-0.4, -0.2) is 17.9 Å². The summed E-state index contributed by atoms with van der Waals surface area (Å²) in [6.07, 6.45) is 1.23. The Kier molecular flexibility index (Phi) is 4.57. The number of rotatable bonds is 6. The lowest BCUT2D eigenvalue weighted by Crippen LogP contribution is -1.96. The Morgan fingerprint density at radius 2 is 2.00 bits per heavy atom. The van der Waals surface area contributed by atoms with E-state index in [0.29, 0.717) is 29.5 Å². The number of fused-ring (bicyclic) bond motifs is 1. The van der Waals surface area contributed by atoms with Crippen LogP contribution in [0.3, 0.4) is 0 Å². The Balaban J connectivity index is 1.82. The maximum Gasteiger partial charge on any atom is 0.279 e. The Labute approximate surface area is 138 Å². The van der Waals surface area contributed by atoms with Gasteiger partial charge in [-0.3, -0.25) is 0 Å². The zero-order chi connectivity index (χ0) is 16.2. The summed E-state index contributed by atoms with van der Waals surface area (Å²) in [6, 6.07) is 13.6. The van der Waals surface area contributed by atoms with Crippen LogP contribution in [0.4, 0.5) is 0 Å². The number of hydrogen-bond acceptors (Lipinski definition) is 5. The Morgan fingerprint density at radius 1 is 1.17 bits per heavy atom. The highest BCUT2D eigenvalue weighted by molar-refractivity contribution is 7.20. The maximum absolute atomic E-state index is 11.1. The van der Waals surface area contributed by atoms with E-state index in [1.807, 2.05) is 42.5 Å². The highest BCUT2D eigenvalue weighted by Gasteiger charge is 2.11. The first-order valence-corrected chi connectivity index (χ1v) is 8.17. The number of thiazole rings is 1. The van der Waals surface area contributed by atoms with Crippen molar-refractivity contribution in [1.29, 1.82) is 0 Å². The number of aromatic nitrogens is 1. The van der Waals surface area contributed by atoms with Crippen molar-refractivity contribution in [3.05, 3.63) is 48.0 Å². The molecule has 0 aliphatic heterocycles. The van der Waals surface area contributed by atoms with Crippen LogP contribution in [0.25, 0.3) is 10.2 Å². The van der Waals surface area contributed by atoms with Gasteiger partial charge in [-0.25, -0.2) is 4.98 Å². The molecule has 2 aromatic carbocycles. The van der Waals surface area contributed by atoms with Crippen molar-refractivity contribution in [3.63, 3.8) is 0 Å². The number of ether oxygens (including phenoxy) is 2. The van der Waals surface area contributed by atoms with Crippen molar-refractivity contribution in [2.75, 3.05) is 7.11 Å². The molecule has 3 rings (SSSR count). The van der Waals surface area contributed by atoms with Crippen LogP contribution < -0.4 is 9.47 Å². The van der Waals surface area contributed by atoms with Crippen molar-refractivity contribution in [1.82, 2.24) is 4.98 Å². The molecule has 1 aromatic heterocycles. The Bertz CT molecular complexity index is 808. The molecule has 0 saturated carbocycles. The molecule has 23 heavy (non-hydrogen) atoms. The van der Waals surface area contributed by atoms with E-state index in [0.717, 1.165) is 15.8 Å². The van der Waals surface area contributed by atoms with E-state index in [-0.39, 0.29) is 5.78 Å². The third-order valence-corrected chi connectivity index (χ3v) is 4.38. The second-order valence-electron chi connectivity index (χ2n) is 5.24. The van der Waals surface area contributed by atoms with E-state index >= 15 is 0 Å². The number of nitrogens with zero attached hydrogens (tertiary/aromatic N) is 1. The number of aryl methyl sites for hydroxylation is 1. The largest absolute Gasteiger partial charge is 0.493 e. The van der Waals surface area contributed by atoms with Gasteiger partial charge in [0.1, 0.15) is 5.78 Å². The van der Waals surface area contributed by atoms with E-state index in [4.69, 9.17) is 9.47 Å². The predicted octanol–water partition coefficient (Wildman–Crippen LogP) is 4.62. The lowest BCUT2D eigenvalue weighted by atomic mass is 10.1. The summed E-state index contributed by atoms with van der Waals surface area (Å²) in [7, 11) is 1.61. The van der Waals surface area contributed by atoms with Crippen molar-refractivity contribution >= 4 is 27.3 Å². The minimum atomic E-state index is 0.179. The molecule has 0 radical (unpaired) electrons. The minimum absolute atomic E-state index is 0.179. The average molecular weight is 327 g/mol. The van der Waals surface area contributed by atoms with Gasteiger partial charge in [-0.1, -0.05) is 29.5 Å². The molecular formula is C18H17NO3S. The van der Waals surface area contributed by atoms with Crippen molar-refractivity contribution in [2.45, 2.75) is 19.8 Å². The molecular weight excluding hydrogens is 310 g/mol. The van der Waals surface area contributed by atoms with Gasteiger partial charge in [-0.2, -0.15) is 0 Å². The molecule has 0 bridgehead atoms. The molecule has 0 amide bonds. The van der Waals surface area contributed by atoms with Gasteiger partial charge in [0, 0.05) is 6.42 Å². The normalized spacial score (nSPS) is 10.7. The van der Waals surface area contributed by atoms with Gasteiger partial charge in [0.25, 0.3) is 5.19 Å². The molecule has 4 nitrogen and oxygen atoms in total. The van der Waals surface area contributed by atoms with Gasteiger partial charge >= 0.3 is 0 Å². The summed E-state index contributed by atoms with van der Waals surface area (Å²) >= 11 is 1.50. The summed E-state index contributed by atoms with van der Waals surface area (Å²) in [5, 5.41) is 0.584. The van der Waals surface area contributed by atoms with Crippen LogP contribution in [0.5, 0.6) is 16.7 Å². The fourth-order valence-corrected chi connectivity index (χ4v) is 3.09. The molecule has 0 unspecified atom stereocenters. The molecule has 118 valence electrons. The quantitative estimate of drug-likeness (QED) is 0.663. The highest BCUT2D eigenvalue weighted by Crippen LogP contribution is 2.36. The molecule has 0 saturated heterocycles. The second kappa shape index (κ2) is 6.79. The predicted molar refractivity (Wildman–Crippen MR) is 91.7 cm³/mol. The number of ketones is 1. The molecule has 0 fully saturated rings. The van der Waals surface area contributed by atoms with E-state index in [1.165, 1.54) is 11.3 Å². The fraction of sp³-hybridized carbons (Fsp3) is 0.222. The molecule has 1 heterocycles. The summed E-state index contributed by atoms with van der Waals surface area (Å²) in [4.78, 5) is 15.6. The first kappa shape index (κ1) is 15.5. The number of carbonyl (C=O) groups excluding carboxylic acids is 1. The lowest BCUT2D eigenvalue weighted by molar-refractivity contribution is -0.116. The molecule has 3 aromatic rings. The molecule has 0 atom stereocenters.